The minimum atomic E-state index is -0.748. The second-order valence-electron chi connectivity index (χ2n) is 7.12. The van der Waals surface area contributed by atoms with Crippen molar-refractivity contribution in [3.05, 3.63) is 0 Å². The van der Waals surface area contributed by atoms with E-state index in [1.165, 1.54) is 12.8 Å². The van der Waals surface area contributed by atoms with Gasteiger partial charge in [-0.3, -0.25) is 4.79 Å². The first-order valence-electron chi connectivity index (χ1n) is 7.66. The molecule has 3 aliphatic rings. The molecule has 0 radical (unpaired) electrons. The number of ether oxygens (including phenoxy) is 1. The van der Waals surface area contributed by atoms with Crippen molar-refractivity contribution < 1.29 is 9.53 Å². The third-order valence-corrected chi connectivity index (χ3v) is 5.60. The third-order valence-electron chi connectivity index (χ3n) is 5.60. The molecule has 3 atom stereocenters. The Morgan fingerprint density at radius 3 is 2.79 bits per heavy atom. The standard InChI is InChI=1S/C15H26N2O2/c1-14(2)12-11(4-3-9-19-12)15(14,16)13(18)17-8-7-10-5-6-10/h10-12H,3-9,16H2,1-2H3,(H,17,18). The van der Waals surface area contributed by atoms with E-state index in [0.29, 0.717) is 0 Å². The molecule has 1 aliphatic heterocycles. The summed E-state index contributed by atoms with van der Waals surface area (Å²) in [6, 6.07) is 0. The summed E-state index contributed by atoms with van der Waals surface area (Å²) in [5.74, 6) is 1.07. The van der Waals surface area contributed by atoms with E-state index in [-0.39, 0.29) is 23.3 Å². The molecule has 1 amide bonds. The molecule has 3 unspecified atom stereocenters. The molecule has 0 aromatic heterocycles. The van der Waals surface area contributed by atoms with Gasteiger partial charge in [0.2, 0.25) is 5.91 Å². The fraction of sp³-hybridized carbons (Fsp3) is 0.933. The maximum atomic E-state index is 12.5. The van der Waals surface area contributed by atoms with Crippen LogP contribution in [0.15, 0.2) is 0 Å². The van der Waals surface area contributed by atoms with Gasteiger partial charge in [-0.15, -0.1) is 0 Å². The molecule has 0 aromatic carbocycles. The van der Waals surface area contributed by atoms with E-state index in [1.54, 1.807) is 0 Å². The second-order valence-corrected chi connectivity index (χ2v) is 7.12. The summed E-state index contributed by atoms with van der Waals surface area (Å²) >= 11 is 0. The SMILES string of the molecule is CC1(C)C2OCCCC2C1(N)C(=O)NCCC1CC1. The molecule has 3 fully saturated rings. The third kappa shape index (κ3) is 1.91. The maximum absolute atomic E-state index is 12.5. The summed E-state index contributed by atoms with van der Waals surface area (Å²) in [6.07, 6.45) is 5.95. The van der Waals surface area contributed by atoms with Crippen LogP contribution in [0.3, 0.4) is 0 Å². The van der Waals surface area contributed by atoms with Crippen molar-refractivity contribution in [3.8, 4) is 0 Å². The minimum Gasteiger partial charge on any atom is -0.377 e. The van der Waals surface area contributed by atoms with Gasteiger partial charge in [0.15, 0.2) is 0 Å². The lowest BCUT2D eigenvalue weighted by Gasteiger charge is -2.65. The number of hydrogen-bond acceptors (Lipinski definition) is 3. The smallest absolute Gasteiger partial charge is 0.241 e. The average molecular weight is 266 g/mol. The lowest BCUT2D eigenvalue weighted by atomic mass is 9.46. The van der Waals surface area contributed by atoms with Crippen molar-refractivity contribution in [1.82, 2.24) is 5.32 Å². The van der Waals surface area contributed by atoms with Gasteiger partial charge in [-0.25, -0.2) is 0 Å². The quantitative estimate of drug-likeness (QED) is 0.809. The first kappa shape index (κ1) is 13.4. The zero-order valence-electron chi connectivity index (χ0n) is 12.1. The van der Waals surface area contributed by atoms with Gasteiger partial charge in [-0.1, -0.05) is 26.7 Å². The van der Waals surface area contributed by atoms with Gasteiger partial charge in [-0.2, -0.15) is 0 Å². The summed E-state index contributed by atoms with van der Waals surface area (Å²) < 4.78 is 5.83. The molecule has 3 N–H and O–H groups in total. The molecule has 0 bridgehead atoms. The summed E-state index contributed by atoms with van der Waals surface area (Å²) in [5.41, 5.74) is 5.51. The molecule has 1 heterocycles. The monoisotopic (exact) mass is 266 g/mol. The van der Waals surface area contributed by atoms with E-state index >= 15 is 0 Å². The first-order chi connectivity index (χ1) is 8.98. The maximum Gasteiger partial charge on any atom is 0.241 e. The molecule has 1 saturated heterocycles. The zero-order chi connectivity index (χ0) is 13.7. The van der Waals surface area contributed by atoms with Crippen molar-refractivity contribution in [2.24, 2.45) is 23.0 Å². The Hall–Kier alpha value is -0.610. The van der Waals surface area contributed by atoms with E-state index < -0.39 is 5.54 Å². The number of fused-ring (bicyclic) bond motifs is 1. The topological polar surface area (TPSA) is 64.3 Å². The van der Waals surface area contributed by atoms with Crippen molar-refractivity contribution in [1.29, 1.82) is 0 Å². The summed E-state index contributed by atoms with van der Waals surface area (Å²) in [6.45, 7) is 5.72. The Morgan fingerprint density at radius 2 is 2.11 bits per heavy atom. The molecule has 2 aliphatic carbocycles. The summed E-state index contributed by atoms with van der Waals surface area (Å²) in [5, 5.41) is 3.07. The predicted octanol–water partition coefficient (Wildman–Crippen LogP) is 1.44. The fourth-order valence-corrected chi connectivity index (χ4v) is 3.98. The first-order valence-corrected chi connectivity index (χ1v) is 7.66. The molecule has 3 rings (SSSR count). The van der Waals surface area contributed by atoms with Gasteiger partial charge < -0.3 is 15.8 Å². The van der Waals surface area contributed by atoms with Crippen molar-refractivity contribution in [3.63, 3.8) is 0 Å². The largest absolute Gasteiger partial charge is 0.377 e. The molecule has 108 valence electrons. The predicted molar refractivity (Wildman–Crippen MR) is 73.5 cm³/mol. The molecular weight excluding hydrogens is 240 g/mol. The van der Waals surface area contributed by atoms with E-state index in [0.717, 1.165) is 38.3 Å². The highest BCUT2D eigenvalue weighted by atomic mass is 16.5. The van der Waals surface area contributed by atoms with Crippen LogP contribution in [0.5, 0.6) is 0 Å². The highest BCUT2D eigenvalue weighted by Gasteiger charge is 2.70. The number of nitrogens with two attached hydrogens (primary N) is 1. The number of amides is 1. The lowest BCUT2D eigenvalue weighted by molar-refractivity contribution is -0.225. The molecule has 0 spiro atoms. The van der Waals surface area contributed by atoms with Crippen molar-refractivity contribution in [2.45, 2.75) is 57.6 Å². The van der Waals surface area contributed by atoms with Gasteiger partial charge >= 0.3 is 0 Å². The van der Waals surface area contributed by atoms with Crippen LogP contribution >= 0.6 is 0 Å². The van der Waals surface area contributed by atoms with Gasteiger partial charge in [-0.05, 0) is 25.2 Å². The Labute approximate surface area is 115 Å². The van der Waals surface area contributed by atoms with E-state index in [9.17, 15) is 4.79 Å². The Balaban J connectivity index is 1.64. The van der Waals surface area contributed by atoms with Gasteiger partial charge in [0, 0.05) is 24.5 Å². The van der Waals surface area contributed by atoms with Crippen molar-refractivity contribution >= 4 is 5.91 Å². The van der Waals surface area contributed by atoms with Gasteiger partial charge in [0.05, 0.1) is 6.10 Å². The van der Waals surface area contributed by atoms with E-state index in [4.69, 9.17) is 10.5 Å². The second kappa shape index (κ2) is 4.45. The molecule has 4 nitrogen and oxygen atoms in total. The number of nitrogens with one attached hydrogen (secondary N) is 1. The highest BCUT2D eigenvalue weighted by molar-refractivity contribution is 5.89. The Morgan fingerprint density at radius 1 is 1.37 bits per heavy atom. The average Bonchev–Trinajstić information content (AvgIpc) is 3.21. The molecular formula is C15H26N2O2. The van der Waals surface area contributed by atoms with Crippen LogP contribution in [0.25, 0.3) is 0 Å². The Kier molecular flexibility index (Phi) is 3.13. The molecule has 4 heteroatoms. The number of hydrogen-bond donors (Lipinski definition) is 2. The van der Waals surface area contributed by atoms with E-state index in [2.05, 4.69) is 19.2 Å². The summed E-state index contributed by atoms with van der Waals surface area (Å²) in [7, 11) is 0. The number of carbonyl (C=O) groups is 1. The van der Waals surface area contributed by atoms with Crippen LogP contribution in [-0.4, -0.2) is 30.7 Å². The lowest BCUT2D eigenvalue weighted by Crippen LogP contribution is -2.82. The normalized spacial score (nSPS) is 40.2. The van der Waals surface area contributed by atoms with Crippen LogP contribution in [-0.2, 0) is 9.53 Å². The minimum absolute atomic E-state index is 0.0323. The molecule has 0 aromatic rings. The Bertz CT molecular complexity index is 378. The fourth-order valence-electron chi connectivity index (χ4n) is 3.98. The van der Waals surface area contributed by atoms with Crippen LogP contribution in [0.2, 0.25) is 0 Å². The van der Waals surface area contributed by atoms with Crippen molar-refractivity contribution in [2.75, 3.05) is 13.2 Å². The number of carbonyl (C=O) groups excluding carboxylic acids is 1. The highest BCUT2D eigenvalue weighted by Crippen LogP contribution is 2.57. The van der Waals surface area contributed by atoms with Gasteiger partial charge in [0.1, 0.15) is 5.54 Å². The van der Waals surface area contributed by atoms with Crippen LogP contribution in [0, 0.1) is 17.3 Å². The number of rotatable bonds is 4. The van der Waals surface area contributed by atoms with Crippen LogP contribution < -0.4 is 11.1 Å². The molecule has 2 saturated carbocycles. The summed E-state index contributed by atoms with van der Waals surface area (Å²) in [4.78, 5) is 12.5. The van der Waals surface area contributed by atoms with E-state index in [1.807, 2.05) is 0 Å². The van der Waals surface area contributed by atoms with Crippen LogP contribution in [0.4, 0.5) is 0 Å². The van der Waals surface area contributed by atoms with Crippen LogP contribution in [0.1, 0.15) is 46.0 Å². The zero-order valence-corrected chi connectivity index (χ0v) is 12.1. The molecule has 19 heavy (non-hydrogen) atoms. The van der Waals surface area contributed by atoms with Gasteiger partial charge in [0.25, 0.3) is 0 Å².